The van der Waals surface area contributed by atoms with E-state index in [0.29, 0.717) is 0 Å². The van der Waals surface area contributed by atoms with Crippen LogP contribution in [0.15, 0.2) is 6.20 Å². The average molecular weight is 268 g/mol. The van der Waals surface area contributed by atoms with E-state index in [-0.39, 0.29) is 11.4 Å². The molecule has 0 aromatic carbocycles. The second-order valence-corrected chi connectivity index (χ2v) is 5.91. The lowest BCUT2D eigenvalue weighted by Crippen LogP contribution is -2.24. The molecule has 2 nitrogen and oxygen atoms in total. The number of nitrogens with one attached hydrogen (secondary N) is 1. The van der Waals surface area contributed by atoms with Crippen LogP contribution in [0.2, 0.25) is 0 Å². The van der Waals surface area contributed by atoms with Crippen LogP contribution in [0.4, 0.5) is 4.39 Å². The Hall–Kier alpha value is -0.860. The Balaban J connectivity index is 2.60. The van der Waals surface area contributed by atoms with E-state index in [1.807, 2.05) is 0 Å². The summed E-state index contributed by atoms with van der Waals surface area (Å²) in [6.07, 6.45) is 12.2. The third-order valence-corrected chi connectivity index (χ3v) is 4.03. The summed E-state index contributed by atoms with van der Waals surface area (Å²) >= 11 is 0. The number of hydrogen-bond acceptors (Lipinski definition) is 1. The minimum absolute atomic E-state index is 0.00719. The highest BCUT2D eigenvalue weighted by Crippen LogP contribution is 2.33. The largest absolute Gasteiger partial charge is 0.318 e. The van der Waals surface area contributed by atoms with E-state index >= 15 is 0 Å². The summed E-state index contributed by atoms with van der Waals surface area (Å²) in [6, 6.07) is 0. The van der Waals surface area contributed by atoms with Crippen LogP contribution in [-0.2, 0) is 5.41 Å². The summed E-state index contributed by atoms with van der Waals surface area (Å²) in [4.78, 5) is 7.04. The molecule has 0 spiro atoms. The molecule has 1 rings (SSSR count). The first-order valence-corrected chi connectivity index (χ1v) is 7.83. The maximum atomic E-state index is 13.2. The van der Waals surface area contributed by atoms with Gasteiger partial charge in [0.2, 0.25) is 5.95 Å². The van der Waals surface area contributed by atoms with E-state index in [0.717, 1.165) is 18.7 Å². The lowest BCUT2D eigenvalue weighted by Gasteiger charge is -2.27. The van der Waals surface area contributed by atoms with Crippen molar-refractivity contribution in [3.8, 4) is 0 Å². The van der Waals surface area contributed by atoms with Gasteiger partial charge in [0.25, 0.3) is 0 Å². The Kier molecular flexibility index (Phi) is 7.11. The molecule has 3 heteroatoms. The van der Waals surface area contributed by atoms with Crippen LogP contribution in [0.3, 0.4) is 0 Å². The minimum atomic E-state index is -0.315. The first kappa shape index (κ1) is 16.2. The van der Waals surface area contributed by atoms with Gasteiger partial charge in [-0.3, -0.25) is 0 Å². The van der Waals surface area contributed by atoms with Gasteiger partial charge in [0.15, 0.2) is 0 Å². The Morgan fingerprint density at radius 1 is 1.05 bits per heavy atom. The molecule has 1 aromatic rings. The van der Waals surface area contributed by atoms with E-state index in [1.165, 1.54) is 51.1 Å². The molecule has 110 valence electrons. The molecule has 0 radical (unpaired) electrons. The van der Waals surface area contributed by atoms with Gasteiger partial charge in [-0.2, -0.15) is 4.39 Å². The first-order valence-electron chi connectivity index (χ1n) is 7.83. The van der Waals surface area contributed by atoms with Crippen molar-refractivity contribution in [1.82, 2.24) is 9.97 Å². The van der Waals surface area contributed by atoms with Crippen molar-refractivity contribution in [3.63, 3.8) is 0 Å². The van der Waals surface area contributed by atoms with Gasteiger partial charge in [-0.1, -0.05) is 65.7 Å². The van der Waals surface area contributed by atoms with Gasteiger partial charge in [0.1, 0.15) is 5.82 Å². The molecule has 0 saturated heterocycles. The highest BCUT2D eigenvalue weighted by molar-refractivity contribution is 5.06. The molecule has 0 aliphatic rings. The van der Waals surface area contributed by atoms with Gasteiger partial charge in [-0.15, -0.1) is 0 Å². The molecule has 1 atom stereocenters. The molecule has 0 fully saturated rings. The zero-order valence-electron chi connectivity index (χ0n) is 12.8. The zero-order chi connectivity index (χ0) is 14.1. The number of aromatic nitrogens is 2. The highest BCUT2D eigenvalue weighted by atomic mass is 19.1. The van der Waals surface area contributed by atoms with Crippen LogP contribution < -0.4 is 0 Å². The van der Waals surface area contributed by atoms with E-state index in [1.54, 1.807) is 0 Å². The number of H-pyrrole nitrogens is 1. The number of rotatable bonds is 10. The van der Waals surface area contributed by atoms with Crippen molar-refractivity contribution in [2.75, 3.05) is 0 Å². The minimum Gasteiger partial charge on any atom is -0.318 e. The topological polar surface area (TPSA) is 28.7 Å². The zero-order valence-corrected chi connectivity index (χ0v) is 12.8. The molecular formula is C16H29FN2. The number of imidazole rings is 1. The number of halogens is 1. The van der Waals surface area contributed by atoms with Crippen LogP contribution in [0.5, 0.6) is 0 Å². The smallest absolute Gasteiger partial charge is 0.210 e. The third kappa shape index (κ3) is 5.33. The Morgan fingerprint density at radius 3 is 2.16 bits per heavy atom. The van der Waals surface area contributed by atoms with Crippen molar-refractivity contribution < 1.29 is 4.39 Å². The molecule has 1 unspecified atom stereocenters. The van der Waals surface area contributed by atoms with Crippen molar-refractivity contribution >= 4 is 0 Å². The quantitative estimate of drug-likeness (QED) is 0.569. The van der Waals surface area contributed by atoms with Gasteiger partial charge in [-0.05, 0) is 12.8 Å². The number of hydrogen-bond donors (Lipinski definition) is 1. The summed E-state index contributed by atoms with van der Waals surface area (Å²) in [7, 11) is 0. The Morgan fingerprint density at radius 2 is 1.63 bits per heavy atom. The second-order valence-electron chi connectivity index (χ2n) is 5.91. The van der Waals surface area contributed by atoms with Gasteiger partial charge in [0.05, 0.1) is 6.20 Å². The second kappa shape index (κ2) is 8.34. The Bertz CT molecular complexity index is 348. The van der Waals surface area contributed by atoms with Crippen molar-refractivity contribution in [3.05, 3.63) is 18.0 Å². The van der Waals surface area contributed by atoms with Crippen LogP contribution in [-0.4, -0.2) is 9.97 Å². The Labute approximate surface area is 117 Å². The standard InChI is InChI=1S/C16H29FN2/c1-4-6-8-10-12-16(3,11-9-7-5-2)15-18-13-14(17)19-15/h13H,4-12H2,1-3H3,(H,18,19). The summed E-state index contributed by atoms with van der Waals surface area (Å²) in [6.45, 7) is 6.67. The maximum absolute atomic E-state index is 13.2. The SMILES string of the molecule is CCCCCCC(C)(CCCCC)c1ncc(F)[nH]1. The number of unbranched alkanes of at least 4 members (excludes halogenated alkanes) is 5. The molecule has 1 heterocycles. The number of nitrogens with zero attached hydrogens (tertiary/aromatic N) is 1. The van der Waals surface area contributed by atoms with E-state index in [4.69, 9.17) is 0 Å². The average Bonchev–Trinajstić information content (AvgIpc) is 2.82. The highest BCUT2D eigenvalue weighted by Gasteiger charge is 2.28. The molecule has 0 aliphatic heterocycles. The van der Waals surface area contributed by atoms with Crippen molar-refractivity contribution in [2.45, 2.75) is 84.0 Å². The van der Waals surface area contributed by atoms with Gasteiger partial charge >= 0.3 is 0 Å². The number of aromatic amines is 1. The predicted molar refractivity (Wildman–Crippen MR) is 78.8 cm³/mol. The molecule has 1 aromatic heterocycles. The molecule has 0 saturated carbocycles. The van der Waals surface area contributed by atoms with Gasteiger partial charge < -0.3 is 4.98 Å². The fourth-order valence-electron chi connectivity index (χ4n) is 2.67. The summed E-state index contributed by atoms with van der Waals surface area (Å²) in [5, 5.41) is 0. The monoisotopic (exact) mass is 268 g/mol. The van der Waals surface area contributed by atoms with Crippen LogP contribution in [0, 0.1) is 5.95 Å². The molecule has 0 bridgehead atoms. The van der Waals surface area contributed by atoms with E-state index in [2.05, 4.69) is 30.7 Å². The summed E-state index contributed by atoms with van der Waals surface area (Å²) in [5.74, 6) is 0.517. The van der Waals surface area contributed by atoms with Gasteiger partial charge in [-0.25, -0.2) is 4.98 Å². The lowest BCUT2D eigenvalue weighted by atomic mass is 9.79. The maximum Gasteiger partial charge on any atom is 0.210 e. The first-order chi connectivity index (χ1) is 9.12. The molecule has 19 heavy (non-hydrogen) atoms. The fourth-order valence-corrected chi connectivity index (χ4v) is 2.67. The fraction of sp³-hybridized carbons (Fsp3) is 0.812. The van der Waals surface area contributed by atoms with Crippen LogP contribution in [0.25, 0.3) is 0 Å². The van der Waals surface area contributed by atoms with Crippen LogP contribution in [0.1, 0.15) is 84.4 Å². The lowest BCUT2D eigenvalue weighted by molar-refractivity contribution is 0.347. The molecule has 1 N–H and O–H groups in total. The van der Waals surface area contributed by atoms with Crippen molar-refractivity contribution in [2.24, 2.45) is 0 Å². The third-order valence-electron chi connectivity index (χ3n) is 4.03. The predicted octanol–water partition coefficient (Wildman–Crippen LogP) is 5.36. The van der Waals surface area contributed by atoms with E-state index in [9.17, 15) is 4.39 Å². The molecule has 0 aliphatic carbocycles. The normalized spacial score (nSPS) is 14.5. The molecular weight excluding hydrogens is 239 g/mol. The van der Waals surface area contributed by atoms with Crippen molar-refractivity contribution in [1.29, 1.82) is 0 Å². The van der Waals surface area contributed by atoms with E-state index < -0.39 is 0 Å². The van der Waals surface area contributed by atoms with Gasteiger partial charge in [0, 0.05) is 5.41 Å². The van der Waals surface area contributed by atoms with Crippen LogP contribution >= 0.6 is 0 Å². The molecule has 0 amide bonds. The summed E-state index contributed by atoms with van der Waals surface area (Å²) in [5.41, 5.74) is 0.00719. The summed E-state index contributed by atoms with van der Waals surface area (Å²) < 4.78 is 13.2.